The van der Waals surface area contributed by atoms with Crippen LogP contribution in [-0.2, 0) is 6.54 Å². The Labute approximate surface area is 96.9 Å². The lowest BCUT2D eigenvalue weighted by molar-refractivity contribution is 0.402. The van der Waals surface area contributed by atoms with Gasteiger partial charge in [0.05, 0.1) is 6.20 Å². The molecule has 2 aromatic rings. The lowest BCUT2D eigenvalue weighted by Gasteiger charge is -2.09. The quantitative estimate of drug-likeness (QED) is 0.791. The molecule has 0 aliphatic carbocycles. The molecule has 14 heavy (non-hydrogen) atoms. The Morgan fingerprint density at radius 1 is 1.50 bits per heavy atom. The highest BCUT2D eigenvalue weighted by Crippen LogP contribution is 2.11. The van der Waals surface area contributed by atoms with Gasteiger partial charge in [-0.05, 0) is 54.4 Å². The molecular weight excluding hydrogens is 289 g/mol. The van der Waals surface area contributed by atoms with Crippen molar-refractivity contribution in [2.24, 2.45) is 0 Å². The zero-order chi connectivity index (χ0) is 10.1. The van der Waals surface area contributed by atoms with E-state index in [2.05, 4.69) is 69.3 Å². The first-order valence-corrected chi connectivity index (χ1v) is 5.51. The summed E-state index contributed by atoms with van der Waals surface area (Å²) in [6.07, 6.45) is 3.96. The molecule has 2 aromatic heterocycles. The SMILES string of the molecule is CN(C)Cc1ccn2c(I)cnc2c1. The first-order chi connectivity index (χ1) is 6.66. The molecule has 0 spiro atoms. The van der Waals surface area contributed by atoms with Crippen molar-refractivity contribution in [2.75, 3.05) is 14.1 Å². The second kappa shape index (κ2) is 3.86. The van der Waals surface area contributed by atoms with Gasteiger partial charge >= 0.3 is 0 Å². The first kappa shape index (κ1) is 9.92. The second-order valence-corrected chi connectivity index (χ2v) is 4.69. The van der Waals surface area contributed by atoms with Crippen LogP contribution in [0.25, 0.3) is 5.65 Å². The summed E-state index contributed by atoms with van der Waals surface area (Å²) in [5.41, 5.74) is 2.32. The van der Waals surface area contributed by atoms with Crippen LogP contribution < -0.4 is 0 Å². The topological polar surface area (TPSA) is 20.5 Å². The Morgan fingerprint density at radius 2 is 2.29 bits per heavy atom. The minimum absolute atomic E-state index is 0.958. The lowest BCUT2D eigenvalue weighted by atomic mass is 10.2. The molecule has 0 unspecified atom stereocenters. The lowest BCUT2D eigenvalue weighted by Crippen LogP contribution is -2.10. The van der Waals surface area contributed by atoms with Crippen LogP contribution in [-0.4, -0.2) is 28.4 Å². The number of imidazole rings is 1. The van der Waals surface area contributed by atoms with Crippen molar-refractivity contribution in [3.8, 4) is 0 Å². The fourth-order valence-electron chi connectivity index (χ4n) is 1.46. The van der Waals surface area contributed by atoms with E-state index in [1.807, 2.05) is 6.20 Å². The van der Waals surface area contributed by atoms with Crippen molar-refractivity contribution < 1.29 is 0 Å². The molecule has 3 nitrogen and oxygen atoms in total. The number of pyridine rings is 1. The van der Waals surface area contributed by atoms with Crippen molar-refractivity contribution in [3.05, 3.63) is 33.8 Å². The first-order valence-electron chi connectivity index (χ1n) is 4.43. The number of hydrogen-bond donors (Lipinski definition) is 0. The van der Waals surface area contributed by atoms with E-state index >= 15 is 0 Å². The van der Waals surface area contributed by atoms with E-state index in [1.165, 1.54) is 5.56 Å². The third-order valence-corrected chi connectivity index (χ3v) is 2.83. The molecule has 0 amide bonds. The van der Waals surface area contributed by atoms with Gasteiger partial charge in [0.15, 0.2) is 0 Å². The highest BCUT2D eigenvalue weighted by Gasteiger charge is 2.01. The van der Waals surface area contributed by atoms with Crippen LogP contribution in [0.4, 0.5) is 0 Å². The molecule has 0 aliphatic heterocycles. The molecular formula is C10H12IN3. The Balaban J connectivity index is 2.42. The van der Waals surface area contributed by atoms with E-state index in [9.17, 15) is 0 Å². The molecule has 0 radical (unpaired) electrons. The fourth-order valence-corrected chi connectivity index (χ4v) is 2.00. The Morgan fingerprint density at radius 3 is 3.00 bits per heavy atom. The van der Waals surface area contributed by atoms with Gasteiger partial charge in [0.2, 0.25) is 0 Å². The van der Waals surface area contributed by atoms with E-state index in [0.29, 0.717) is 0 Å². The molecule has 0 saturated heterocycles. The summed E-state index contributed by atoms with van der Waals surface area (Å²) in [7, 11) is 4.14. The molecule has 74 valence electrons. The molecule has 2 heterocycles. The Kier molecular flexibility index (Phi) is 2.73. The second-order valence-electron chi connectivity index (χ2n) is 3.58. The largest absolute Gasteiger partial charge is 0.305 e. The summed E-state index contributed by atoms with van der Waals surface area (Å²) in [6, 6.07) is 4.26. The van der Waals surface area contributed by atoms with Gasteiger partial charge in [0.1, 0.15) is 9.35 Å². The standard InChI is InChI=1S/C10H12IN3/c1-13(2)7-8-3-4-14-9(11)6-12-10(14)5-8/h3-6H,7H2,1-2H3. The Hall–Kier alpha value is -0.620. The number of nitrogens with zero attached hydrogens (tertiary/aromatic N) is 3. The maximum atomic E-state index is 4.32. The molecule has 0 aromatic carbocycles. The highest BCUT2D eigenvalue weighted by molar-refractivity contribution is 14.1. The van der Waals surface area contributed by atoms with Crippen molar-refractivity contribution in [2.45, 2.75) is 6.54 Å². The van der Waals surface area contributed by atoms with Gasteiger partial charge < -0.3 is 4.90 Å². The average Bonchev–Trinajstić information content (AvgIpc) is 2.46. The summed E-state index contributed by atoms with van der Waals surface area (Å²) >= 11 is 2.28. The molecule has 0 atom stereocenters. The Bertz CT molecular complexity index is 448. The number of halogens is 1. The van der Waals surface area contributed by atoms with Crippen LogP contribution in [0.5, 0.6) is 0 Å². The number of fused-ring (bicyclic) bond motifs is 1. The van der Waals surface area contributed by atoms with Gasteiger partial charge in [-0.25, -0.2) is 4.98 Å². The predicted octanol–water partition coefficient (Wildman–Crippen LogP) is 2.00. The van der Waals surface area contributed by atoms with Gasteiger partial charge in [-0.2, -0.15) is 0 Å². The van der Waals surface area contributed by atoms with E-state index in [1.54, 1.807) is 0 Å². The van der Waals surface area contributed by atoms with Crippen LogP contribution in [0.2, 0.25) is 0 Å². The third-order valence-electron chi connectivity index (χ3n) is 2.03. The minimum atomic E-state index is 0.958. The van der Waals surface area contributed by atoms with E-state index in [-0.39, 0.29) is 0 Å². The van der Waals surface area contributed by atoms with Crippen LogP contribution in [0.1, 0.15) is 5.56 Å². The summed E-state index contributed by atoms with van der Waals surface area (Å²) in [4.78, 5) is 6.48. The van der Waals surface area contributed by atoms with Gasteiger partial charge in [-0.15, -0.1) is 0 Å². The summed E-state index contributed by atoms with van der Waals surface area (Å²) in [6.45, 7) is 0.958. The van der Waals surface area contributed by atoms with E-state index in [0.717, 1.165) is 15.9 Å². The summed E-state index contributed by atoms with van der Waals surface area (Å²) in [5, 5.41) is 0. The smallest absolute Gasteiger partial charge is 0.137 e. The summed E-state index contributed by atoms with van der Waals surface area (Å²) < 4.78 is 3.23. The molecule has 0 fully saturated rings. The normalized spacial score (nSPS) is 11.4. The predicted molar refractivity (Wildman–Crippen MR) is 65.3 cm³/mol. The van der Waals surface area contributed by atoms with Crippen LogP contribution in [0, 0.1) is 3.70 Å². The van der Waals surface area contributed by atoms with Gasteiger partial charge in [0.25, 0.3) is 0 Å². The monoisotopic (exact) mass is 301 g/mol. The number of aromatic nitrogens is 2. The van der Waals surface area contributed by atoms with Gasteiger partial charge in [-0.3, -0.25) is 4.40 Å². The molecule has 4 heteroatoms. The average molecular weight is 301 g/mol. The van der Waals surface area contributed by atoms with Crippen molar-refractivity contribution in [3.63, 3.8) is 0 Å². The molecule has 0 aliphatic rings. The van der Waals surface area contributed by atoms with Crippen molar-refractivity contribution in [1.82, 2.24) is 14.3 Å². The van der Waals surface area contributed by atoms with Crippen LogP contribution in [0.3, 0.4) is 0 Å². The van der Waals surface area contributed by atoms with Gasteiger partial charge in [-0.1, -0.05) is 0 Å². The number of hydrogen-bond acceptors (Lipinski definition) is 2. The maximum Gasteiger partial charge on any atom is 0.137 e. The zero-order valence-corrected chi connectivity index (χ0v) is 10.4. The maximum absolute atomic E-state index is 4.32. The molecule has 0 saturated carbocycles. The molecule has 0 bridgehead atoms. The highest BCUT2D eigenvalue weighted by atomic mass is 127. The van der Waals surface area contributed by atoms with Crippen LogP contribution in [0.15, 0.2) is 24.5 Å². The number of rotatable bonds is 2. The fraction of sp³-hybridized carbons (Fsp3) is 0.300. The molecule has 2 rings (SSSR count). The molecule has 0 N–H and O–H groups in total. The van der Waals surface area contributed by atoms with E-state index in [4.69, 9.17) is 0 Å². The minimum Gasteiger partial charge on any atom is -0.305 e. The zero-order valence-electron chi connectivity index (χ0n) is 8.24. The van der Waals surface area contributed by atoms with Crippen molar-refractivity contribution >= 4 is 28.2 Å². The van der Waals surface area contributed by atoms with Crippen molar-refractivity contribution in [1.29, 1.82) is 0 Å². The van der Waals surface area contributed by atoms with E-state index < -0.39 is 0 Å². The van der Waals surface area contributed by atoms with Gasteiger partial charge in [0, 0.05) is 12.7 Å². The summed E-state index contributed by atoms with van der Waals surface area (Å²) in [5.74, 6) is 0. The van der Waals surface area contributed by atoms with Crippen LogP contribution >= 0.6 is 22.6 Å². The third kappa shape index (κ3) is 1.90.